The molecule has 0 spiro atoms. The van der Waals surface area contributed by atoms with Gasteiger partial charge < -0.3 is 0 Å². The van der Waals surface area contributed by atoms with Gasteiger partial charge in [0.1, 0.15) is 0 Å². The van der Waals surface area contributed by atoms with E-state index >= 15 is 0 Å². The molecular formula is C20H30. The van der Waals surface area contributed by atoms with Crippen LogP contribution >= 0.6 is 0 Å². The molecule has 110 valence electrons. The molecule has 0 aliphatic heterocycles. The van der Waals surface area contributed by atoms with Gasteiger partial charge in [-0.05, 0) is 49.1 Å². The second-order valence-corrected chi connectivity index (χ2v) is 5.47. The fourth-order valence-electron chi connectivity index (χ4n) is 2.24. The number of benzene rings is 1. The van der Waals surface area contributed by atoms with Gasteiger partial charge in [-0.2, -0.15) is 0 Å². The molecule has 1 aromatic carbocycles. The van der Waals surface area contributed by atoms with Crippen LogP contribution in [0.25, 0.3) is 0 Å². The fraction of sp³-hybridized carbons (Fsp3) is 0.500. The van der Waals surface area contributed by atoms with Crippen LogP contribution in [0.1, 0.15) is 57.6 Å². The average Bonchev–Trinajstić information content (AvgIpc) is 2.50. The number of allylic oxidation sites excluding steroid dienone is 4. The first kappa shape index (κ1) is 16.8. The molecule has 0 heteroatoms. The van der Waals surface area contributed by atoms with Crippen LogP contribution < -0.4 is 0 Å². The molecule has 1 unspecified atom stereocenters. The van der Waals surface area contributed by atoms with Gasteiger partial charge in [-0.15, -0.1) is 0 Å². The van der Waals surface area contributed by atoms with E-state index in [0.29, 0.717) is 5.92 Å². The van der Waals surface area contributed by atoms with Crippen LogP contribution in [-0.4, -0.2) is 0 Å². The third-order valence-corrected chi connectivity index (χ3v) is 3.78. The normalized spacial score (nSPS) is 13.3. The van der Waals surface area contributed by atoms with E-state index in [1.807, 2.05) is 0 Å². The molecule has 0 aliphatic rings. The van der Waals surface area contributed by atoms with Gasteiger partial charge in [0.2, 0.25) is 0 Å². The van der Waals surface area contributed by atoms with Crippen molar-refractivity contribution in [1.82, 2.24) is 0 Å². The maximum Gasteiger partial charge on any atom is -0.00974 e. The van der Waals surface area contributed by atoms with Crippen LogP contribution in [0.2, 0.25) is 0 Å². The Kier molecular flexibility index (Phi) is 8.78. The molecule has 0 saturated carbocycles. The first-order valence-electron chi connectivity index (χ1n) is 8.19. The van der Waals surface area contributed by atoms with E-state index in [2.05, 4.69) is 69.3 Å². The smallest absolute Gasteiger partial charge is 0.00974 e. The number of aryl methyl sites for hydroxylation is 1. The Morgan fingerprint density at radius 3 is 2.20 bits per heavy atom. The van der Waals surface area contributed by atoms with Crippen LogP contribution in [0, 0.1) is 5.92 Å². The van der Waals surface area contributed by atoms with Crippen molar-refractivity contribution in [2.45, 2.75) is 59.3 Å². The Balaban J connectivity index is 2.35. The average molecular weight is 270 g/mol. The van der Waals surface area contributed by atoms with E-state index in [0.717, 1.165) is 12.8 Å². The summed E-state index contributed by atoms with van der Waals surface area (Å²) in [5, 5.41) is 0. The molecule has 0 fully saturated rings. The maximum atomic E-state index is 2.39. The largest absolute Gasteiger partial charge is 0.0883 e. The molecule has 0 amide bonds. The van der Waals surface area contributed by atoms with E-state index in [9.17, 15) is 0 Å². The van der Waals surface area contributed by atoms with Crippen molar-refractivity contribution in [3.05, 3.63) is 59.7 Å². The molecule has 0 nitrogen and oxygen atoms in total. The van der Waals surface area contributed by atoms with Crippen molar-refractivity contribution >= 4 is 0 Å². The van der Waals surface area contributed by atoms with Crippen LogP contribution in [-0.2, 0) is 12.8 Å². The highest BCUT2D eigenvalue weighted by Gasteiger charge is 1.98. The summed E-state index contributed by atoms with van der Waals surface area (Å²) in [6.07, 6.45) is 16.4. The van der Waals surface area contributed by atoms with Crippen LogP contribution in [0.4, 0.5) is 0 Å². The Morgan fingerprint density at radius 2 is 1.60 bits per heavy atom. The molecule has 0 aromatic heterocycles. The van der Waals surface area contributed by atoms with Gasteiger partial charge in [0.25, 0.3) is 0 Å². The minimum Gasteiger partial charge on any atom is -0.0883 e. The van der Waals surface area contributed by atoms with Gasteiger partial charge in [0, 0.05) is 0 Å². The summed E-state index contributed by atoms with van der Waals surface area (Å²) in [5.74, 6) is 0.709. The molecule has 0 saturated heterocycles. The molecule has 0 aliphatic carbocycles. The number of hydrogen-bond acceptors (Lipinski definition) is 0. The highest BCUT2D eigenvalue weighted by molar-refractivity contribution is 5.24. The zero-order valence-corrected chi connectivity index (χ0v) is 13.4. The minimum atomic E-state index is 0.709. The van der Waals surface area contributed by atoms with Crippen LogP contribution in [0.15, 0.2) is 48.6 Å². The molecule has 0 heterocycles. The first-order chi connectivity index (χ1) is 9.80. The van der Waals surface area contributed by atoms with Gasteiger partial charge in [-0.1, -0.05) is 75.8 Å². The van der Waals surface area contributed by atoms with Crippen molar-refractivity contribution in [2.24, 2.45) is 5.92 Å². The van der Waals surface area contributed by atoms with Gasteiger partial charge >= 0.3 is 0 Å². The predicted octanol–water partition coefficient (Wildman–Crippen LogP) is 6.12. The van der Waals surface area contributed by atoms with Crippen molar-refractivity contribution in [1.29, 1.82) is 0 Å². The summed E-state index contributed by atoms with van der Waals surface area (Å²) in [7, 11) is 0. The SMILES string of the molecule is CCC/C=C/C(CC)CC=CCc1ccc(CC)cc1. The van der Waals surface area contributed by atoms with Gasteiger partial charge in [-0.25, -0.2) is 0 Å². The van der Waals surface area contributed by atoms with Crippen molar-refractivity contribution in [3.63, 3.8) is 0 Å². The van der Waals surface area contributed by atoms with E-state index < -0.39 is 0 Å². The topological polar surface area (TPSA) is 0 Å². The second-order valence-electron chi connectivity index (χ2n) is 5.47. The van der Waals surface area contributed by atoms with Gasteiger partial charge in [-0.3, -0.25) is 0 Å². The van der Waals surface area contributed by atoms with Crippen LogP contribution in [0.3, 0.4) is 0 Å². The second kappa shape index (κ2) is 10.5. The lowest BCUT2D eigenvalue weighted by atomic mass is 10.0. The molecule has 20 heavy (non-hydrogen) atoms. The quantitative estimate of drug-likeness (QED) is 0.474. The zero-order chi connectivity index (χ0) is 14.6. The third-order valence-electron chi connectivity index (χ3n) is 3.78. The standard InChI is InChI=1S/C20H30/c1-4-7-8-11-18(5-2)12-9-10-13-20-16-14-19(6-3)15-17-20/h8-11,14-18H,4-7,12-13H2,1-3H3/b10-9?,11-8+. The van der Waals surface area contributed by atoms with Gasteiger partial charge in [0.05, 0.1) is 0 Å². The number of rotatable bonds is 9. The van der Waals surface area contributed by atoms with E-state index in [1.54, 1.807) is 0 Å². The monoisotopic (exact) mass is 270 g/mol. The summed E-state index contributed by atoms with van der Waals surface area (Å²) in [6.45, 7) is 6.71. The predicted molar refractivity (Wildman–Crippen MR) is 91.1 cm³/mol. The van der Waals surface area contributed by atoms with E-state index in [1.165, 1.54) is 36.8 Å². The lowest BCUT2D eigenvalue weighted by Gasteiger charge is -2.06. The Morgan fingerprint density at radius 1 is 0.900 bits per heavy atom. The summed E-state index contributed by atoms with van der Waals surface area (Å²) < 4.78 is 0. The molecule has 1 aromatic rings. The van der Waals surface area contributed by atoms with E-state index in [-0.39, 0.29) is 0 Å². The third kappa shape index (κ3) is 6.75. The van der Waals surface area contributed by atoms with Crippen molar-refractivity contribution < 1.29 is 0 Å². The summed E-state index contributed by atoms with van der Waals surface area (Å²) in [5.41, 5.74) is 2.83. The minimum absolute atomic E-state index is 0.709. The Bertz CT molecular complexity index is 395. The highest BCUT2D eigenvalue weighted by Crippen LogP contribution is 2.12. The summed E-state index contributed by atoms with van der Waals surface area (Å²) in [6, 6.07) is 8.99. The highest BCUT2D eigenvalue weighted by atomic mass is 14.0. The van der Waals surface area contributed by atoms with Crippen LogP contribution in [0.5, 0.6) is 0 Å². The molecule has 0 bridgehead atoms. The molecule has 1 rings (SSSR count). The summed E-state index contributed by atoms with van der Waals surface area (Å²) >= 11 is 0. The molecular weight excluding hydrogens is 240 g/mol. The zero-order valence-electron chi connectivity index (χ0n) is 13.4. The van der Waals surface area contributed by atoms with Gasteiger partial charge in [0.15, 0.2) is 0 Å². The number of hydrogen-bond donors (Lipinski definition) is 0. The Labute approximate surface area is 125 Å². The maximum absolute atomic E-state index is 2.39. The van der Waals surface area contributed by atoms with Crippen molar-refractivity contribution in [2.75, 3.05) is 0 Å². The lowest BCUT2D eigenvalue weighted by Crippen LogP contribution is -1.92. The molecule has 0 radical (unpaired) electrons. The molecule has 0 N–H and O–H groups in total. The summed E-state index contributed by atoms with van der Waals surface area (Å²) in [4.78, 5) is 0. The number of unbranched alkanes of at least 4 members (excludes halogenated alkanes) is 1. The molecule has 1 atom stereocenters. The lowest BCUT2D eigenvalue weighted by molar-refractivity contribution is 0.634. The van der Waals surface area contributed by atoms with E-state index in [4.69, 9.17) is 0 Å². The van der Waals surface area contributed by atoms with Crippen molar-refractivity contribution in [3.8, 4) is 0 Å². The first-order valence-corrected chi connectivity index (χ1v) is 8.19. The fourth-order valence-corrected chi connectivity index (χ4v) is 2.24. The Hall–Kier alpha value is -1.30.